The predicted octanol–water partition coefficient (Wildman–Crippen LogP) is 4.34. The number of benzene rings is 2. The molecule has 2 amide bonds. The van der Waals surface area contributed by atoms with Crippen molar-refractivity contribution in [3.8, 4) is 0 Å². The molecule has 0 bridgehead atoms. The van der Waals surface area contributed by atoms with Crippen LogP contribution in [-0.2, 0) is 20.9 Å². The number of aryl methyl sites for hydroxylation is 1. The van der Waals surface area contributed by atoms with E-state index in [9.17, 15) is 14.4 Å². The van der Waals surface area contributed by atoms with E-state index in [2.05, 4.69) is 15.6 Å². The molecule has 0 spiro atoms. The Kier molecular flexibility index (Phi) is 7.72. The Bertz CT molecular complexity index is 1470. The third-order valence-electron chi connectivity index (χ3n) is 6.87. The number of carbonyl (C=O) groups excluding carboxylic acids is 3. The zero-order chi connectivity index (χ0) is 27.4. The van der Waals surface area contributed by atoms with E-state index in [4.69, 9.17) is 9.15 Å². The second-order valence-electron chi connectivity index (χ2n) is 9.61. The van der Waals surface area contributed by atoms with Gasteiger partial charge < -0.3 is 14.5 Å². The second-order valence-corrected chi connectivity index (χ2v) is 9.61. The fraction of sp³-hybridized carbons (Fsp3) is 0.345. The topological polar surface area (TPSA) is 120 Å². The normalized spacial score (nSPS) is 14.3. The van der Waals surface area contributed by atoms with Crippen LogP contribution in [0, 0.1) is 6.92 Å². The van der Waals surface area contributed by atoms with Crippen LogP contribution in [0.4, 0.5) is 5.69 Å². The van der Waals surface area contributed by atoms with E-state index < -0.39 is 17.9 Å². The van der Waals surface area contributed by atoms with Gasteiger partial charge >= 0.3 is 5.97 Å². The monoisotopic (exact) mass is 529 g/mol. The van der Waals surface area contributed by atoms with Crippen LogP contribution in [-0.4, -0.2) is 45.4 Å². The summed E-state index contributed by atoms with van der Waals surface area (Å²) in [5.74, 6) is -0.226. The summed E-state index contributed by atoms with van der Waals surface area (Å²) in [5.41, 5.74) is 2.13. The molecule has 0 unspecified atom stereocenters. The standard InChI is InChI=1S/C29H31N5O5/c1-3-38-29(37)20-13-15-22(16-14-20)34(26(35)18-33-24-11-7-6-10-23(24)31-32-33)27(25-17-12-19(2)39-25)28(36)30-21-8-4-5-9-21/h6-7,10-17,21,27H,3-5,8-9,18H2,1-2H3,(H,30,36)/t27-/m1/s1. The highest BCUT2D eigenvalue weighted by Gasteiger charge is 2.37. The van der Waals surface area contributed by atoms with Gasteiger partial charge in [0.1, 0.15) is 23.6 Å². The van der Waals surface area contributed by atoms with Crippen molar-refractivity contribution in [3.05, 3.63) is 77.7 Å². The summed E-state index contributed by atoms with van der Waals surface area (Å²) in [6.07, 6.45) is 3.88. The molecule has 1 aliphatic carbocycles. The van der Waals surface area contributed by atoms with E-state index >= 15 is 0 Å². The van der Waals surface area contributed by atoms with Crippen LogP contribution in [0.1, 0.15) is 60.5 Å². The minimum absolute atomic E-state index is 0.0402. The fourth-order valence-corrected chi connectivity index (χ4v) is 4.97. The predicted molar refractivity (Wildman–Crippen MR) is 144 cm³/mol. The zero-order valence-corrected chi connectivity index (χ0v) is 22.0. The molecule has 5 rings (SSSR count). The molecule has 1 atom stereocenters. The first kappa shape index (κ1) is 26.1. The van der Waals surface area contributed by atoms with E-state index in [1.165, 1.54) is 9.58 Å². The number of ether oxygens (including phenoxy) is 1. The van der Waals surface area contributed by atoms with Crippen LogP contribution in [0.25, 0.3) is 11.0 Å². The Hall–Kier alpha value is -4.47. The number of esters is 1. The van der Waals surface area contributed by atoms with Crippen LogP contribution in [0.15, 0.2) is 65.1 Å². The van der Waals surface area contributed by atoms with E-state index in [0.717, 1.165) is 25.7 Å². The highest BCUT2D eigenvalue weighted by Crippen LogP contribution is 2.31. The number of hydrogen-bond donors (Lipinski definition) is 1. The number of aromatic nitrogens is 3. The van der Waals surface area contributed by atoms with Crippen molar-refractivity contribution in [2.75, 3.05) is 11.5 Å². The minimum Gasteiger partial charge on any atom is -0.464 e. The Labute approximate surface area is 225 Å². The van der Waals surface area contributed by atoms with Gasteiger partial charge in [-0.15, -0.1) is 5.10 Å². The number of para-hydroxylation sites is 1. The number of furan rings is 1. The number of nitrogens with one attached hydrogen (secondary N) is 1. The summed E-state index contributed by atoms with van der Waals surface area (Å²) in [6.45, 7) is 3.61. The molecular weight excluding hydrogens is 498 g/mol. The maximum atomic E-state index is 14.1. The Morgan fingerprint density at radius 1 is 1.08 bits per heavy atom. The highest BCUT2D eigenvalue weighted by atomic mass is 16.5. The number of amides is 2. The minimum atomic E-state index is -1.07. The van der Waals surface area contributed by atoms with Gasteiger partial charge in [0.2, 0.25) is 5.91 Å². The molecule has 0 aliphatic heterocycles. The van der Waals surface area contributed by atoms with Crippen LogP contribution < -0.4 is 10.2 Å². The maximum Gasteiger partial charge on any atom is 0.338 e. The molecular formula is C29H31N5O5. The smallest absolute Gasteiger partial charge is 0.338 e. The Morgan fingerprint density at radius 3 is 2.51 bits per heavy atom. The highest BCUT2D eigenvalue weighted by molar-refractivity contribution is 6.01. The lowest BCUT2D eigenvalue weighted by atomic mass is 10.1. The van der Waals surface area contributed by atoms with E-state index in [-0.39, 0.29) is 25.1 Å². The van der Waals surface area contributed by atoms with Crippen molar-refractivity contribution in [1.82, 2.24) is 20.3 Å². The molecule has 2 aromatic carbocycles. The first-order valence-corrected chi connectivity index (χ1v) is 13.2. The van der Waals surface area contributed by atoms with Crippen LogP contribution >= 0.6 is 0 Å². The Balaban J connectivity index is 1.55. The van der Waals surface area contributed by atoms with Gasteiger partial charge in [-0.2, -0.15) is 0 Å². The van der Waals surface area contributed by atoms with Crippen LogP contribution in [0.3, 0.4) is 0 Å². The quantitative estimate of drug-likeness (QED) is 0.320. The molecule has 0 saturated heterocycles. The average Bonchev–Trinajstić information content (AvgIpc) is 3.70. The number of fused-ring (bicyclic) bond motifs is 1. The van der Waals surface area contributed by atoms with E-state index in [1.54, 1.807) is 50.2 Å². The first-order chi connectivity index (χ1) is 18.9. The average molecular weight is 530 g/mol. The van der Waals surface area contributed by atoms with Crippen molar-refractivity contribution < 1.29 is 23.5 Å². The van der Waals surface area contributed by atoms with Gasteiger partial charge in [-0.25, -0.2) is 9.48 Å². The molecule has 0 radical (unpaired) electrons. The van der Waals surface area contributed by atoms with Gasteiger partial charge in [0.15, 0.2) is 6.04 Å². The van der Waals surface area contributed by atoms with Gasteiger partial charge in [-0.05, 0) is 75.2 Å². The Morgan fingerprint density at radius 2 is 1.82 bits per heavy atom. The zero-order valence-electron chi connectivity index (χ0n) is 22.0. The van der Waals surface area contributed by atoms with Gasteiger partial charge in [0, 0.05) is 11.7 Å². The summed E-state index contributed by atoms with van der Waals surface area (Å²) >= 11 is 0. The molecule has 4 aromatic rings. The molecule has 1 N–H and O–H groups in total. The lowest BCUT2D eigenvalue weighted by molar-refractivity contribution is -0.127. The van der Waals surface area contributed by atoms with Crippen LogP contribution in [0.2, 0.25) is 0 Å². The molecule has 10 heteroatoms. The summed E-state index contributed by atoms with van der Waals surface area (Å²) in [7, 11) is 0. The maximum absolute atomic E-state index is 14.1. The molecule has 1 saturated carbocycles. The SMILES string of the molecule is CCOC(=O)c1ccc(N(C(=O)Cn2nnc3ccccc32)[C@@H](C(=O)NC2CCCC2)c2ccc(C)o2)cc1. The van der Waals surface area contributed by atoms with Gasteiger partial charge in [-0.3, -0.25) is 14.5 Å². The van der Waals surface area contributed by atoms with Crippen molar-refractivity contribution in [3.63, 3.8) is 0 Å². The van der Waals surface area contributed by atoms with Crippen molar-refractivity contribution in [2.45, 2.75) is 58.2 Å². The largest absolute Gasteiger partial charge is 0.464 e. The van der Waals surface area contributed by atoms with Crippen LogP contribution in [0.5, 0.6) is 0 Å². The molecule has 1 fully saturated rings. The number of rotatable bonds is 9. The molecule has 10 nitrogen and oxygen atoms in total. The summed E-state index contributed by atoms with van der Waals surface area (Å²) in [5, 5.41) is 11.4. The molecule has 2 heterocycles. The third kappa shape index (κ3) is 5.69. The van der Waals surface area contributed by atoms with E-state index in [1.807, 2.05) is 24.3 Å². The summed E-state index contributed by atoms with van der Waals surface area (Å²) in [4.78, 5) is 41.6. The van der Waals surface area contributed by atoms with Crippen molar-refractivity contribution in [1.29, 1.82) is 0 Å². The first-order valence-electron chi connectivity index (χ1n) is 13.2. The molecule has 202 valence electrons. The van der Waals surface area contributed by atoms with Gasteiger partial charge in [0.25, 0.3) is 5.91 Å². The molecule has 1 aliphatic rings. The molecule has 2 aromatic heterocycles. The third-order valence-corrected chi connectivity index (χ3v) is 6.87. The lowest BCUT2D eigenvalue weighted by Gasteiger charge is -2.31. The second kappa shape index (κ2) is 11.5. The van der Waals surface area contributed by atoms with E-state index in [0.29, 0.717) is 33.8 Å². The lowest BCUT2D eigenvalue weighted by Crippen LogP contribution is -2.47. The van der Waals surface area contributed by atoms with Crippen molar-refractivity contribution >= 4 is 34.5 Å². The fourth-order valence-electron chi connectivity index (χ4n) is 4.97. The van der Waals surface area contributed by atoms with Crippen molar-refractivity contribution in [2.24, 2.45) is 0 Å². The number of carbonyl (C=O) groups is 3. The number of nitrogens with zero attached hydrogens (tertiary/aromatic N) is 4. The van der Waals surface area contributed by atoms with Gasteiger partial charge in [-0.1, -0.05) is 30.2 Å². The summed E-state index contributed by atoms with van der Waals surface area (Å²) in [6, 6.07) is 16.2. The van der Waals surface area contributed by atoms with Gasteiger partial charge in [0.05, 0.1) is 17.7 Å². The number of anilines is 1. The molecule has 39 heavy (non-hydrogen) atoms. The summed E-state index contributed by atoms with van der Waals surface area (Å²) < 4.78 is 12.5. The number of hydrogen-bond acceptors (Lipinski definition) is 7.